The van der Waals surface area contributed by atoms with E-state index in [0.717, 1.165) is 36.0 Å². The lowest BCUT2D eigenvalue weighted by molar-refractivity contribution is -0.198. The normalized spacial score (nSPS) is 15.9. The number of aromatic nitrogens is 2. The monoisotopic (exact) mass is 461 g/mol. The second-order valence-corrected chi connectivity index (χ2v) is 7.90. The minimum atomic E-state index is -0.463. The van der Waals surface area contributed by atoms with Crippen LogP contribution in [0.1, 0.15) is 46.7 Å². The SMILES string of the molecule is COC(=O)c1[nH]c(Cc2ccc(/C=C/C(=O)NOC3CCCCO3)cc2)nc1-c1ccccc1. The third-order valence-electron chi connectivity index (χ3n) is 5.40. The molecule has 0 radical (unpaired) electrons. The minimum Gasteiger partial charge on any atom is -0.464 e. The summed E-state index contributed by atoms with van der Waals surface area (Å²) < 4.78 is 10.3. The summed E-state index contributed by atoms with van der Waals surface area (Å²) in [5.74, 6) is -0.156. The molecule has 0 aliphatic carbocycles. The van der Waals surface area contributed by atoms with E-state index in [9.17, 15) is 9.59 Å². The molecule has 1 aliphatic heterocycles. The Hall–Kier alpha value is -3.75. The van der Waals surface area contributed by atoms with Crippen LogP contribution in [0.5, 0.6) is 0 Å². The molecule has 2 heterocycles. The van der Waals surface area contributed by atoms with E-state index in [1.165, 1.54) is 13.2 Å². The molecule has 1 aromatic heterocycles. The molecule has 1 amide bonds. The number of rotatable bonds is 8. The van der Waals surface area contributed by atoms with Gasteiger partial charge in [0.15, 0.2) is 12.0 Å². The molecule has 1 fully saturated rings. The van der Waals surface area contributed by atoms with Crippen molar-refractivity contribution in [3.63, 3.8) is 0 Å². The van der Waals surface area contributed by atoms with Crippen LogP contribution in [0, 0.1) is 0 Å². The van der Waals surface area contributed by atoms with E-state index in [-0.39, 0.29) is 12.2 Å². The number of amides is 1. The number of carbonyl (C=O) groups is 2. The zero-order chi connectivity index (χ0) is 23.8. The van der Waals surface area contributed by atoms with E-state index >= 15 is 0 Å². The number of esters is 1. The predicted molar refractivity (Wildman–Crippen MR) is 126 cm³/mol. The number of nitrogens with zero attached hydrogens (tertiary/aromatic N) is 1. The van der Waals surface area contributed by atoms with Crippen molar-refractivity contribution in [2.24, 2.45) is 0 Å². The van der Waals surface area contributed by atoms with Gasteiger partial charge in [-0.3, -0.25) is 4.79 Å². The molecule has 1 saturated heterocycles. The van der Waals surface area contributed by atoms with Gasteiger partial charge in [-0.2, -0.15) is 0 Å². The Morgan fingerprint density at radius 3 is 2.65 bits per heavy atom. The number of hydrogen-bond donors (Lipinski definition) is 2. The highest BCUT2D eigenvalue weighted by atomic mass is 16.8. The van der Waals surface area contributed by atoms with Gasteiger partial charge in [0.05, 0.1) is 7.11 Å². The Morgan fingerprint density at radius 2 is 1.94 bits per heavy atom. The van der Waals surface area contributed by atoms with Gasteiger partial charge in [-0.25, -0.2) is 20.1 Å². The third-order valence-corrected chi connectivity index (χ3v) is 5.40. The maximum Gasteiger partial charge on any atom is 0.356 e. The molecule has 8 nitrogen and oxygen atoms in total. The van der Waals surface area contributed by atoms with Gasteiger partial charge < -0.3 is 14.5 Å². The summed E-state index contributed by atoms with van der Waals surface area (Å²) in [4.78, 5) is 37.2. The van der Waals surface area contributed by atoms with Gasteiger partial charge in [-0.15, -0.1) is 0 Å². The van der Waals surface area contributed by atoms with Crippen LogP contribution in [0.4, 0.5) is 0 Å². The summed E-state index contributed by atoms with van der Waals surface area (Å²) >= 11 is 0. The Kier molecular flexibility index (Phi) is 7.85. The van der Waals surface area contributed by atoms with Crippen molar-refractivity contribution in [1.29, 1.82) is 0 Å². The summed E-state index contributed by atoms with van der Waals surface area (Å²) in [6.45, 7) is 0.651. The number of carbonyl (C=O) groups excluding carboxylic acids is 2. The van der Waals surface area contributed by atoms with Crippen LogP contribution < -0.4 is 5.48 Å². The topological polar surface area (TPSA) is 103 Å². The van der Waals surface area contributed by atoms with E-state index in [1.54, 1.807) is 6.08 Å². The van der Waals surface area contributed by atoms with Gasteiger partial charge >= 0.3 is 5.97 Å². The second-order valence-electron chi connectivity index (χ2n) is 7.90. The van der Waals surface area contributed by atoms with E-state index in [1.807, 2.05) is 54.6 Å². The number of ether oxygens (including phenoxy) is 2. The molecule has 0 spiro atoms. The molecular weight excluding hydrogens is 434 g/mol. The summed E-state index contributed by atoms with van der Waals surface area (Å²) in [5, 5.41) is 0. The van der Waals surface area contributed by atoms with Crippen LogP contribution in [-0.4, -0.2) is 41.9 Å². The van der Waals surface area contributed by atoms with Crippen molar-refractivity contribution in [2.45, 2.75) is 32.0 Å². The summed E-state index contributed by atoms with van der Waals surface area (Å²) in [6.07, 6.45) is 6.07. The molecule has 8 heteroatoms. The van der Waals surface area contributed by atoms with Gasteiger partial charge in [0.25, 0.3) is 5.91 Å². The first-order chi connectivity index (χ1) is 16.6. The number of hydrogen-bond acceptors (Lipinski definition) is 6. The average Bonchev–Trinajstić information content (AvgIpc) is 3.31. The Bertz CT molecular complexity index is 1130. The lowest BCUT2D eigenvalue weighted by Crippen LogP contribution is -2.32. The number of aromatic amines is 1. The van der Waals surface area contributed by atoms with E-state index < -0.39 is 5.97 Å². The molecule has 1 atom stereocenters. The highest BCUT2D eigenvalue weighted by Gasteiger charge is 2.19. The standard InChI is InChI=1S/C26H27N3O5/c1-32-26(31)25-24(20-7-3-2-4-8-20)27-21(28-25)17-19-12-10-18(11-13-19)14-15-22(30)29-34-23-9-5-6-16-33-23/h2-4,7-8,10-15,23H,5-6,9,16-17H2,1H3,(H,27,28)(H,29,30)/b15-14+. The maximum absolute atomic E-state index is 12.2. The summed E-state index contributed by atoms with van der Waals surface area (Å²) in [6, 6.07) is 17.2. The fourth-order valence-corrected chi connectivity index (χ4v) is 3.63. The first-order valence-electron chi connectivity index (χ1n) is 11.2. The van der Waals surface area contributed by atoms with Crippen molar-refractivity contribution >= 4 is 18.0 Å². The fourth-order valence-electron chi connectivity index (χ4n) is 3.63. The van der Waals surface area contributed by atoms with Gasteiger partial charge in [0, 0.05) is 31.1 Å². The molecule has 3 aromatic rings. The Labute approximate surface area is 197 Å². The van der Waals surface area contributed by atoms with Crippen LogP contribution in [0.3, 0.4) is 0 Å². The largest absolute Gasteiger partial charge is 0.464 e. The van der Waals surface area contributed by atoms with Crippen LogP contribution in [-0.2, 0) is 25.5 Å². The number of nitrogens with one attached hydrogen (secondary N) is 2. The first-order valence-corrected chi connectivity index (χ1v) is 11.2. The van der Waals surface area contributed by atoms with Crippen molar-refractivity contribution in [3.05, 3.63) is 83.3 Å². The molecule has 1 unspecified atom stereocenters. The van der Waals surface area contributed by atoms with Crippen LogP contribution in [0.25, 0.3) is 17.3 Å². The van der Waals surface area contributed by atoms with Crippen LogP contribution in [0.15, 0.2) is 60.7 Å². The van der Waals surface area contributed by atoms with Gasteiger partial charge in [0.1, 0.15) is 11.5 Å². The molecule has 0 bridgehead atoms. The van der Waals surface area contributed by atoms with Crippen molar-refractivity contribution in [2.75, 3.05) is 13.7 Å². The van der Waals surface area contributed by atoms with Crippen molar-refractivity contribution in [1.82, 2.24) is 15.4 Å². The van der Waals surface area contributed by atoms with Gasteiger partial charge in [-0.1, -0.05) is 54.6 Å². The van der Waals surface area contributed by atoms with E-state index in [4.69, 9.17) is 14.3 Å². The molecule has 0 saturated carbocycles. The molecule has 34 heavy (non-hydrogen) atoms. The fraction of sp³-hybridized carbons (Fsp3) is 0.269. The zero-order valence-corrected chi connectivity index (χ0v) is 19.0. The summed E-state index contributed by atoms with van der Waals surface area (Å²) in [7, 11) is 1.35. The third kappa shape index (κ3) is 6.18. The number of hydroxylamine groups is 1. The average molecular weight is 462 g/mol. The minimum absolute atomic E-state index is 0.329. The van der Waals surface area contributed by atoms with Crippen molar-refractivity contribution < 1.29 is 23.9 Å². The van der Waals surface area contributed by atoms with Crippen molar-refractivity contribution in [3.8, 4) is 11.3 Å². The molecule has 4 rings (SSSR count). The highest BCUT2D eigenvalue weighted by Crippen LogP contribution is 2.23. The number of H-pyrrole nitrogens is 1. The Balaban J connectivity index is 1.37. The number of benzene rings is 2. The quantitative estimate of drug-likeness (QED) is 0.298. The van der Waals surface area contributed by atoms with E-state index in [2.05, 4.69) is 15.4 Å². The highest BCUT2D eigenvalue weighted by molar-refractivity contribution is 5.94. The first kappa shape index (κ1) is 23.4. The smallest absolute Gasteiger partial charge is 0.356 e. The lowest BCUT2D eigenvalue weighted by atomic mass is 10.1. The number of imidazole rings is 1. The zero-order valence-electron chi connectivity index (χ0n) is 19.0. The van der Waals surface area contributed by atoms with Crippen LogP contribution in [0.2, 0.25) is 0 Å². The maximum atomic E-state index is 12.2. The molecule has 176 valence electrons. The molecule has 2 N–H and O–H groups in total. The number of methoxy groups -OCH3 is 1. The van der Waals surface area contributed by atoms with Gasteiger partial charge in [0.2, 0.25) is 0 Å². The van der Waals surface area contributed by atoms with Crippen LogP contribution >= 0.6 is 0 Å². The Morgan fingerprint density at radius 1 is 1.15 bits per heavy atom. The molecule has 2 aromatic carbocycles. The predicted octanol–water partition coefficient (Wildman–Crippen LogP) is 4.04. The van der Waals surface area contributed by atoms with E-state index in [0.29, 0.717) is 30.2 Å². The van der Waals surface area contributed by atoms with Gasteiger partial charge in [-0.05, 0) is 30.0 Å². The lowest BCUT2D eigenvalue weighted by Gasteiger charge is -2.21. The summed E-state index contributed by atoms with van der Waals surface area (Å²) in [5.41, 5.74) is 6.00. The molecular formula is C26H27N3O5. The molecule has 1 aliphatic rings. The second kappa shape index (κ2) is 11.4.